The number of nitrogens with one attached hydrogen (secondary N) is 1. The zero-order valence-corrected chi connectivity index (χ0v) is 16.0. The van der Waals surface area contributed by atoms with Crippen molar-refractivity contribution < 1.29 is 14.6 Å². The quantitative estimate of drug-likeness (QED) is 0.448. The van der Waals surface area contributed by atoms with Crippen LogP contribution in [0.5, 0.6) is 11.5 Å². The molecular formula is C25H21NO3. The molecule has 0 heterocycles. The predicted molar refractivity (Wildman–Crippen MR) is 115 cm³/mol. The first-order valence-corrected chi connectivity index (χ1v) is 9.46. The maximum absolute atomic E-state index is 12.9. The van der Waals surface area contributed by atoms with Crippen molar-refractivity contribution in [3.8, 4) is 11.5 Å². The normalized spacial score (nSPS) is 11.8. The van der Waals surface area contributed by atoms with Crippen molar-refractivity contribution in [3.63, 3.8) is 0 Å². The summed E-state index contributed by atoms with van der Waals surface area (Å²) in [5.41, 5.74) is 1.85. The largest absolute Gasteiger partial charge is 0.506 e. The molecule has 1 atom stereocenters. The molecule has 4 aromatic rings. The van der Waals surface area contributed by atoms with Gasteiger partial charge in [-0.25, -0.2) is 0 Å². The molecule has 0 aliphatic carbocycles. The summed E-state index contributed by atoms with van der Waals surface area (Å²) in [4.78, 5) is 12.9. The fraction of sp³-hybridized carbons (Fsp3) is 0.0800. The first-order chi connectivity index (χ1) is 14.1. The molecule has 4 nitrogen and oxygen atoms in total. The second kappa shape index (κ2) is 8.07. The summed E-state index contributed by atoms with van der Waals surface area (Å²) in [5, 5.41) is 14.9. The van der Waals surface area contributed by atoms with Gasteiger partial charge in [0.25, 0.3) is 5.91 Å². The Morgan fingerprint density at radius 1 is 0.862 bits per heavy atom. The lowest BCUT2D eigenvalue weighted by Gasteiger charge is -2.19. The maximum Gasteiger partial charge on any atom is 0.259 e. The molecule has 0 aliphatic rings. The van der Waals surface area contributed by atoms with E-state index in [2.05, 4.69) is 5.32 Å². The van der Waals surface area contributed by atoms with Crippen LogP contribution in [0.25, 0.3) is 10.8 Å². The van der Waals surface area contributed by atoms with Gasteiger partial charge in [0.15, 0.2) is 0 Å². The van der Waals surface area contributed by atoms with Crippen molar-refractivity contribution in [1.29, 1.82) is 0 Å². The Kier molecular flexibility index (Phi) is 5.16. The third-order valence-electron chi connectivity index (χ3n) is 4.83. The number of anilines is 1. The Morgan fingerprint density at radius 2 is 1.45 bits per heavy atom. The zero-order valence-electron chi connectivity index (χ0n) is 16.0. The molecular weight excluding hydrogens is 362 g/mol. The third kappa shape index (κ3) is 3.92. The Labute approximate surface area is 169 Å². The average molecular weight is 383 g/mol. The average Bonchev–Trinajstić information content (AvgIpc) is 2.77. The predicted octanol–water partition coefficient (Wildman–Crippen LogP) is 5.94. The van der Waals surface area contributed by atoms with E-state index in [9.17, 15) is 9.90 Å². The number of benzene rings is 4. The molecule has 29 heavy (non-hydrogen) atoms. The maximum atomic E-state index is 12.9. The fourth-order valence-electron chi connectivity index (χ4n) is 3.30. The molecule has 0 bridgehead atoms. The van der Waals surface area contributed by atoms with Crippen molar-refractivity contribution in [1.82, 2.24) is 0 Å². The van der Waals surface area contributed by atoms with Crippen LogP contribution in [0.1, 0.15) is 28.9 Å². The molecule has 0 radical (unpaired) electrons. The Hall–Kier alpha value is -3.79. The van der Waals surface area contributed by atoms with E-state index in [4.69, 9.17) is 4.74 Å². The molecule has 144 valence electrons. The van der Waals surface area contributed by atoms with E-state index < -0.39 is 5.91 Å². The molecule has 0 aromatic heterocycles. The van der Waals surface area contributed by atoms with Gasteiger partial charge in [0.1, 0.15) is 17.6 Å². The van der Waals surface area contributed by atoms with E-state index in [1.54, 1.807) is 24.3 Å². The lowest BCUT2D eigenvalue weighted by molar-refractivity contribution is 0.102. The van der Waals surface area contributed by atoms with E-state index in [0.29, 0.717) is 16.8 Å². The summed E-state index contributed by atoms with van der Waals surface area (Å²) < 4.78 is 6.22. The van der Waals surface area contributed by atoms with Gasteiger partial charge in [-0.1, -0.05) is 72.8 Å². The van der Waals surface area contributed by atoms with Gasteiger partial charge in [-0.2, -0.15) is 0 Å². The number of ether oxygens (including phenoxy) is 1. The molecule has 1 amide bonds. The highest BCUT2D eigenvalue weighted by Crippen LogP contribution is 2.38. The van der Waals surface area contributed by atoms with Crippen LogP contribution in [-0.2, 0) is 0 Å². The van der Waals surface area contributed by atoms with Crippen molar-refractivity contribution in [3.05, 3.63) is 102 Å². The van der Waals surface area contributed by atoms with E-state index in [-0.39, 0.29) is 17.4 Å². The van der Waals surface area contributed by atoms with Gasteiger partial charge in [0.2, 0.25) is 0 Å². The standard InChI is InChI=1S/C25H21NO3/c1-17(18-10-4-2-5-11-18)29-23-16-22(24(27)21-15-9-8-14-20(21)23)25(28)26-19-12-6-3-7-13-19/h2-17,27H,1H3,(H,26,28). The molecule has 0 fully saturated rings. The number of phenols is 1. The number of fused-ring (bicyclic) bond motifs is 1. The van der Waals surface area contributed by atoms with Crippen LogP contribution < -0.4 is 10.1 Å². The van der Waals surface area contributed by atoms with Crippen LogP contribution in [0.15, 0.2) is 91.0 Å². The zero-order chi connectivity index (χ0) is 20.2. The lowest BCUT2D eigenvalue weighted by Crippen LogP contribution is -2.13. The Morgan fingerprint density at radius 3 is 2.14 bits per heavy atom. The minimum absolute atomic E-state index is 0.0613. The molecule has 0 saturated heterocycles. The highest BCUT2D eigenvalue weighted by atomic mass is 16.5. The summed E-state index contributed by atoms with van der Waals surface area (Å²) in [6, 6.07) is 28.0. The van der Waals surface area contributed by atoms with Crippen LogP contribution >= 0.6 is 0 Å². The summed E-state index contributed by atoms with van der Waals surface area (Å²) in [6.07, 6.45) is -0.214. The van der Waals surface area contributed by atoms with Gasteiger partial charge in [0.05, 0.1) is 5.56 Å². The van der Waals surface area contributed by atoms with E-state index in [1.165, 1.54) is 0 Å². The number of para-hydroxylation sites is 1. The van der Waals surface area contributed by atoms with Crippen LogP contribution in [0.3, 0.4) is 0 Å². The highest BCUT2D eigenvalue weighted by molar-refractivity contribution is 6.11. The third-order valence-corrected chi connectivity index (χ3v) is 4.83. The summed E-state index contributed by atoms with van der Waals surface area (Å²) >= 11 is 0. The van der Waals surface area contributed by atoms with Crippen molar-refractivity contribution in [2.75, 3.05) is 5.32 Å². The minimum Gasteiger partial charge on any atom is -0.506 e. The molecule has 1 unspecified atom stereocenters. The summed E-state index contributed by atoms with van der Waals surface area (Å²) in [7, 11) is 0. The monoisotopic (exact) mass is 383 g/mol. The fourth-order valence-corrected chi connectivity index (χ4v) is 3.30. The Bertz CT molecular complexity index is 1140. The number of phenolic OH excluding ortho intramolecular Hbond substituents is 1. The van der Waals surface area contributed by atoms with Crippen LogP contribution in [0, 0.1) is 0 Å². The molecule has 4 aromatic carbocycles. The van der Waals surface area contributed by atoms with Crippen LogP contribution in [0.2, 0.25) is 0 Å². The summed E-state index contributed by atoms with van der Waals surface area (Å²) in [6.45, 7) is 1.96. The molecule has 4 heteroatoms. The first kappa shape index (κ1) is 18.6. The molecule has 0 aliphatic heterocycles. The van der Waals surface area contributed by atoms with Gasteiger partial charge >= 0.3 is 0 Å². The highest BCUT2D eigenvalue weighted by Gasteiger charge is 2.19. The van der Waals surface area contributed by atoms with Gasteiger partial charge in [-0.15, -0.1) is 0 Å². The van der Waals surface area contributed by atoms with E-state index in [1.807, 2.05) is 73.7 Å². The topological polar surface area (TPSA) is 58.6 Å². The number of carbonyl (C=O) groups is 1. The second-order valence-electron chi connectivity index (χ2n) is 6.81. The van der Waals surface area contributed by atoms with Crippen molar-refractivity contribution in [2.45, 2.75) is 13.0 Å². The molecule has 4 rings (SSSR count). The van der Waals surface area contributed by atoms with Gasteiger partial charge in [0, 0.05) is 16.5 Å². The number of rotatable bonds is 5. The van der Waals surface area contributed by atoms with Crippen molar-refractivity contribution >= 4 is 22.4 Å². The number of carbonyl (C=O) groups excluding carboxylic acids is 1. The van der Waals surface area contributed by atoms with Crippen molar-refractivity contribution in [2.24, 2.45) is 0 Å². The number of hydrogen-bond donors (Lipinski definition) is 2. The number of aromatic hydroxyl groups is 1. The van der Waals surface area contributed by atoms with Crippen LogP contribution in [-0.4, -0.2) is 11.0 Å². The summed E-state index contributed by atoms with van der Waals surface area (Å²) in [5.74, 6) is 0.0957. The lowest BCUT2D eigenvalue weighted by atomic mass is 10.0. The number of amides is 1. The molecule has 0 spiro atoms. The smallest absolute Gasteiger partial charge is 0.259 e. The van der Waals surface area contributed by atoms with E-state index in [0.717, 1.165) is 10.9 Å². The Balaban J connectivity index is 1.74. The second-order valence-corrected chi connectivity index (χ2v) is 6.81. The molecule has 0 saturated carbocycles. The van der Waals surface area contributed by atoms with Gasteiger partial charge in [-0.05, 0) is 30.7 Å². The first-order valence-electron chi connectivity index (χ1n) is 9.46. The number of hydrogen-bond acceptors (Lipinski definition) is 3. The van der Waals surface area contributed by atoms with Gasteiger partial charge in [-0.3, -0.25) is 4.79 Å². The van der Waals surface area contributed by atoms with Gasteiger partial charge < -0.3 is 15.2 Å². The minimum atomic E-state index is -0.392. The van der Waals surface area contributed by atoms with E-state index >= 15 is 0 Å². The van der Waals surface area contributed by atoms with Crippen LogP contribution in [0.4, 0.5) is 5.69 Å². The SMILES string of the molecule is CC(Oc1cc(C(=O)Nc2ccccc2)c(O)c2ccccc12)c1ccccc1. The molecule has 2 N–H and O–H groups in total.